The number of pyridine rings is 1. The zero-order valence-corrected chi connectivity index (χ0v) is 16.7. The van der Waals surface area contributed by atoms with Crippen molar-refractivity contribution in [1.82, 2.24) is 9.88 Å². The van der Waals surface area contributed by atoms with Crippen molar-refractivity contribution in [1.29, 1.82) is 0 Å². The van der Waals surface area contributed by atoms with Crippen LogP contribution in [0.1, 0.15) is 53.6 Å². The first-order valence-electron chi connectivity index (χ1n) is 10.0. The second-order valence-electron chi connectivity index (χ2n) is 7.09. The standard InChI is InChI=1S/C23H24N2O4/c1-3-15-6-7-18-17(14-15)21(26)19-20(16-8-10-24-11-9-16)25(12-5-13-28-4-2)23(27)22(19)29-18/h6-11,14,20H,3-5,12-13H2,1-2H3. The molecule has 1 aliphatic heterocycles. The van der Waals surface area contributed by atoms with E-state index in [2.05, 4.69) is 4.98 Å². The highest BCUT2D eigenvalue weighted by atomic mass is 16.5. The zero-order chi connectivity index (χ0) is 20.4. The minimum Gasteiger partial charge on any atom is -0.450 e. The summed E-state index contributed by atoms with van der Waals surface area (Å²) in [6.45, 7) is 5.65. The molecule has 150 valence electrons. The van der Waals surface area contributed by atoms with E-state index in [1.807, 2.05) is 38.1 Å². The first-order chi connectivity index (χ1) is 14.2. The third-order valence-corrected chi connectivity index (χ3v) is 5.35. The number of benzene rings is 1. The second kappa shape index (κ2) is 8.17. The number of ether oxygens (including phenoxy) is 1. The molecule has 3 aromatic rings. The molecule has 0 aliphatic carbocycles. The summed E-state index contributed by atoms with van der Waals surface area (Å²) < 4.78 is 11.4. The van der Waals surface area contributed by atoms with Crippen LogP contribution in [-0.2, 0) is 11.2 Å². The Balaban J connectivity index is 1.85. The van der Waals surface area contributed by atoms with E-state index in [0.717, 1.165) is 17.5 Å². The van der Waals surface area contributed by atoms with Crippen molar-refractivity contribution in [2.24, 2.45) is 0 Å². The normalized spacial score (nSPS) is 15.9. The topological polar surface area (TPSA) is 72.6 Å². The summed E-state index contributed by atoms with van der Waals surface area (Å²) in [6.07, 6.45) is 4.85. The number of carbonyl (C=O) groups excluding carboxylic acids is 1. The average Bonchev–Trinajstić information content (AvgIpc) is 3.04. The quantitative estimate of drug-likeness (QED) is 0.573. The largest absolute Gasteiger partial charge is 0.450 e. The minimum absolute atomic E-state index is 0.140. The lowest BCUT2D eigenvalue weighted by Crippen LogP contribution is -2.31. The van der Waals surface area contributed by atoms with Gasteiger partial charge in [0.05, 0.1) is 17.0 Å². The maximum atomic E-state index is 13.5. The van der Waals surface area contributed by atoms with Crippen LogP contribution in [0.3, 0.4) is 0 Å². The van der Waals surface area contributed by atoms with Crippen LogP contribution in [0.25, 0.3) is 11.0 Å². The van der Waals surface area contributed by atoms with Gasteiger partial charge in [0.25, 0.3) is 5.91 Å². The first-order valence-corrected chi connectivity index (χ1v) is 10.0. The van der Waals surface area contributed by atoms with Crippen LogP contribution in [0.15, 0.2) is 51.9 Å². The fraction of sp³-hybridized carbons (Fsp3) is 0.348. The number of nitrogens with zero attached hydrogens (tertiary/aromatic N) is 2. The van der Waals surface area contributed by atoms with Crippen LogP contribution in [0.2, 0.25) is 0 Å². The molecule has 0 saturated carbocycles. The van der Waals surface area contributed by atoms with Crippen LogP contribution in [0, 0.1) is 0 Å². The molecule has 29 heavy (non-hydrogen) atoms. The number of carbonyl (C=O) groups is 1. The van der Waals surface area contributed by atoms with Crippen molar-refractivity contribution in [2.75, 3.05) is 19.8 Å². The van der Waals surface area contributed by atoms with Crippen LogP contribution < -0.4 is 5.43 Å². The van der Waals surface area contributed by atoms with E-state index in [0.29, 0.717) is 42.7 Å². The van der Waals surface area contributed by atoms with Crippen molar-refractivity contribution < 1.29 is 13.9 Å². The summed E-state index contributed by atoms with van der Waals surface area (Å²) in [5, 5.41) is 0.520. The molecule has 6 heteroatoms. The van der Waals surface area contributed by atoms with Crippen molar-refractivity contribution >= 4 is 16.9 Å². The van der Waals surface area contributed by atoms with Crippen molar-refractivity contribution in [2.45, 2.75) is 32.7 Å². The number of rotatable bonds is 7. The molecule has 0 saturated heterocycles. The van der Waals surface area contributed by atoms with E-state index in [-0.39, 0.29) is 17.1 Å². The number of fused-ring (bicyclic) bond motifs is 2. The molecule has 0 radical (unpaired) electrons. The Morgan fingerprint density at radius 3 is 2.66 bits per heavy atom. The van der Waals surface area contributed by atoms with E-state index < -0.39 is 6.04 Å². The number of hydrogen-bond donors (Lipinski definition) is 0. The number of hydrogen-bond acceptors (Lipinski definition) is 5. The lowest BCUT2D eigenvalue weighted by atomic mass is 9.98. The van der Waals surface area contributed by atoms with Crippen LogP contribution >= 0.6 is 0 Å². The van der Waals surface area contributed by atoms with Gasteiger partial charge in [-0.1, -0.05) is 13.0 Å². The summed E-state index contributed by atoms with van der Waals surface area (Å²) in [5.74, 6) is -0.109. The molecule has 1 unspecified atom stereocenters. The molecule has 0 fully saturated rings. The van der Waals surface area contributed by atoms with Gasteiger partial charge in [-0.15, -0.1) is 0 Å². The molecule has 0 bridgehead atoms. The zero-order valence-electron chi connectivity index (χ0n) is 16.7. The van der Waals surface area contributed by atoms with Crippen LogP contribution in [0.5, 0.6) is 0 Å². The summed E-state index contributed by atoms with van der Waals surface area (Å²) in [7, 11) is 0. The van der Waals surface area contributed by atoms with Crippen molar-refractivity contribution in [3.05, 3.63) is 75.4 Å². The lowest BCUT2D eigenvalue weighted by molar-refractivity contribution is 0.0696. The Hall–Kier alpha value is -2.99. The number of aromatic nitrogens is 1. The summed E-state index contributed by atoms with van der Waals surface area (Å²) in [5.41, 5.74) is 2.63. The second-order valence-corrected chi connectivity index (χ2v) is 7.09. The fourth-order valence-electron chi connectivity index (χ4n) is 3.89. The van der Waals surface area contributed by atoms with Crippen molar-refractivity contribution in [3.8, 4) is 0 Å². The van der Waals surface area contributed by atoms with Crippen LogP contribution in [-0.4, -0.2) is 35.5 Å². The predicted octanol–water partition coefficient (Wildman–Crippen LogP) is 3.72. The van der Waals surface area contributed by atoms with Crippen LogP contribution in [0.4, 0.5) is 0 Å². The molecule has 0 N–H and O–H groups in total. The molecule has 4 rings (SSSR count). The Morgan fingerprint density at radius 2 is 1.93 bits per heavy atom. The fourth-order valence-corrected chi connectivity index (χ4v) is 3.89. The molecule has 6 nitrogen and oxygen atoms in total. The van der Waals surface area contributed by atoms with Gasteiger partial charge in [-0.05, 0) is 55.2 Å². The molecule has 1 amide bonds. The molecular formula is C23H24N2O4. The first kappa shape index (κ1) is 19.3. The van der Waals surface area contributed by atoms with E-state index in [1.54, 1.807) is 23.4 Å². The van der Waals surface area contributed by atoms with E-state index in [4.69, 9.17) is 9.15 Å². The molecule has 1 aliphatic rings. The maximum absolute atomic E-state index is 13.5. The molecule has 3 heterocycles. The smallest absolute Gasteiger partial charge is 0.290 e. The molecule has 1 aromatic carbocycles. The monoisotopic (exact) mass is 392 g/mol. The van der Waals surface area contributed by atoms with Gasteiger partial charge in [0.1, 0.15) is 5.58 Å². The highest BCUT2D eigenvalue weighted by molar-refractivity contribution is 5.99. The lowest BCUT2D eigenvalue weighted by Gasteiger charge is -2.25. The van der Waals surface area contributed by atoms with E-state index in [1.165, 1.54) is 0 Å². The molecule has 0 spiro atoms. The van der Waals surface area contributed by atoms with E-state index >= 15 is 0 Å². The predicted molar refractivity (Wildman–Crippen MR) is 110 cm³/mol. The summed E-state index contributed by atoms with van der Waals surface area (Å²) >= 11 is 0. The third kappa shape index (κ3) is 3.44. The summed E-state index contributed by atoms with van der Waals surface area (Å²) in [6, 6.07) is 8.78. The van der Waals surface area contributed by atoms with E-state index in [9.17, 15) is 9.59 Å². The Bertz CT molecular complexity index is 1090. The molecular weight excluding hydrogens is 368 g/mol. The van der Waals surface area contributed by atoms with Gasteiger partial charge >= 0.3 is 0 Å². The third-order valence-electron chi connectivity index (χ3n) is 5.35. The van der Waals surface area contributed by atoms with Gasteiger partial charge in [-0.2, -0.15) is 0 Å². The van der Waals surface area contributed by atoms with Gasteiger partial charge < -0.3 is 14.1 Å². The molecule has 2 aromatic heterocycles. The van der Waals surface area contributed by atoms with Gasteiger partial charge in [0, 0.05) is 32.2 Å². The number of aryl methyl sites for hydroxylation is 1. The Kier molecular flexibility index (Phi) is 5.45. The van der Waals surface area contributed by atoms with Gasteiger partial charge in [-0.25, -0.2) is 0 Å². The average molecular weight is 392 g/mol. The van der Waals surface area contributed by atoms with Gasteiger partial charge in [0.2, 0.25) is 5.76 Å². The SMILES string of the molecule is CCOCCCN1C(=O)c2oc3ccc(CC)cc3c(=O)c2C1c1ccncc1. The number of amides is 1. The van der Waals surface area contributed by atoms with Crippen molar-refractivity contribution in [3.63, 3.8) is 0 Å². The maximum Gasteiger partial charge on any atom is 0.290 e. The summed E-state index contributed by atoms with van der Waals surface area (Å²) in [4.78, 5) is 32.4. The Morgan fingerprint density at radius 1 is 1.14 bits per heavy atom. The van der Waals surface area contributed by atoms with Gasteiger partial charge in [-0.3, -0.25) is 14.6 Å². The van der Waals surface area contributed by atoms with Gasteiger partial charge in [0.15, 0.2) is 5.43 Å². The molecule has 1 atom stereocenters. The minimum atomic E-state index is -0.479. The highest BCUT2D eigenvalue weighted by Gasteiger charge is 2.42. The highest BCUT2D eigenvalue weighted by Crippen LogP contribution is 2.38. The Labute approximate surface area is 169 Å².